The first-order chi connectivity index (χ1) is 8.51. The SMILES string of the molecule is CC1(C(O)Cc2ccc(F)cc2Cl)CCCCO1. The number of hydrogen-bond acceptors (Lipinski definition) is 2. The van der Waals surface area contributed by atoms with Gasteiger partial charge in [-0.1, -0.05) is 17.7 Å². The van der Waals surface area contributed by atoms with Gasteiger partial charge in [-0.2, -0.15) is 0 Å². The summed E-state index contributed by atoms with van der Waals surface area (Å²) in [7, 11) is 0. The van der Waals surface area contributed by atoms with Crippen molar-refractivity contribution in [3.05, 3.63) is 34.6 Å². The second-order valence-electron chi connectivity index (χ2n) is 5.07. The zero-order valence-corrected chi connectivity index (χ0v) is 11.2. The van der Waals surface area contributed by atoms with Crippen molar-refractivity contribution in [2.45, 2.75) is 44.3 Å². The van der Waals surface area contributed by atoms with E-state index in [-0.39, 0.29) is 5.82 Å². The first-order valence-corrected chi connectivity index (χ1v) is 6.65. The summed E-state index contributed by atoms with van der Waals surface area (Å²) in [5.41, 5.74) is 0.233. The zero-order valence-electron chi connectivity index (χ0n) is 10.5. The van der Waals surface area contributed by atoms with Crippen molar-refractivity contribution < 1.29 is 14.2 Å². The third kappa shape index (κ3) is 3.02. The molecule has 1 aliphatic heterocycles. The van der Waals surface area contributed by atoms with Crippen molar-refractivity contribution >= 4 is 11.6 Å². The maximum atomic E-state index is 12.9. The lowest BCUT2D eigenvalue weighted by Gasteiger charge is -2.38. The van der Waals surface area contributed by atoms with Crippen LogP contribution in [-0.4, -0.2) is 23.4 Å². The summed E-state index contributed by atoms with van der Waals surface area (Å²) in [4.78, 5) is 0. The van der Waals surface area contributed by atoms with Gasteiger partial charge < -0.3 is 9.84 Å². The fourth-order valence-corrected chi connectivity index (χ4v) is 2.57. The lowest BCUT2D eigenvalue weighted by molar-refractivity contribution is -0.135. The summed E-state index contributed by atoms with van der Waals surface area (Å²) >= 11 is 5.97. The van der Waals surface area contributed by atoms with E-state index in [1.54, 1.807) is 6.07 Å². The molecule has 2 unspecified atom stereocenters. The molecule has 1 aromatic rings. The number of halogens is 2. The van der Waals surface area contributed by atoms with E-state index >= 15 is 0 Å². The Morgan fingerprint density at radius 3 is 2.89 bits per heavy atom. The molecule has 2 atom stereocenters. The minimum Gasteiger partial charge on any atom is -0.390 e. The highest BCUT2D eigenvalue weighted by Gasteiger charge is 2.35. The van der Waals surface area contributed by atoms with E-state index in [9.17, 15) is 9.50 Å². The molecule has 0 radical (unpaired) electrons. The van der Waals surface area contributed by atoms with Crippen LogP contribution < -0.4 is 0 Å². The molecule has 0 aliphatic carbocycles. The molecule has 4 heteroatoms. The van der Waals surface area contributed by atoms with Crippen LogP contribution in [0.4, 0.5) is 4.39 Å². The maximum Gasteiger partial charge on any atom is 0.124 e. The van der Waals surface area contributed by atoms with Crippen LogP contribution in [0.25, 0.3) is 0 Å². The molecule has 2 nitrogen and oxygen atoms in total. The van der Waals surface area contributed by atoms with Gasteiger partial charge in [-0.25, -0.2) is 4.39 Å². The Bertz CT molecular complexity index is 416. The van der Waals surface area contributed by atoms with E-state index in [4.69, 9.17) is 16.3 Å². The summed E-state index contributed by atoms with van der Waals surface area (Å²) in [6.45, 7) is 2.61. The average Bonchev–Trinajstić information content (AvgIpc) is 2.33. The predicted octanol–water partition coefficient (Wildman–Crippen LogP) is 3.34. The number of aliphatic hydroxyl groups excluding tert-OH is 1. The minimum absolute atomic E-state index is 0.355. The van der Waals surface area contributed by atoms with E-state index in [0.717, 1.165) is 24.8 Å². The summed E-state index contributed by atoms with van der Waals surface area (Å²) in [5.74, 6) is -0.363. The van der Waals surface area contributed by atoms with Crippen molar-refractivity contribution in [1.29, 1.82) is 0 Å². The zero-order chi connectivity index (χ0) is 13.2. The standard InChI is InChI=1S/C14H18ClFO2/c1-14(6-2-3-7-18-14)13(17)8-10-4-5-11(16)9-12(10)15/h4-5,9,13,17H,2-3,6-8H2,1H3. The molecule has 100 valence electrons. The number of ether oxygens (including phenoxy) is 1. The summed E-state index contributed by atoms with van der Waals surface area (Å²) in [6, 6.07) is 4.25. The molecule has 1 fully saturated rings. The van der Waals surface area contributed by atoms with Crippen molar-refractivity contribution in [2.24, 2.45) is 0 Å². The lowest BCUT2D eigenvalue weighted by atomic mass is 9.87. The Labute approximate surface area is 112 Å². The molecule has 1 heterocycles. The Morgan fingerprint density at radius 2 is 2.28 bits per heavy atom. The minimum atomic E-state index is -0.624. The van der Waals surface area contributed by atoms with E-state index < -0.39 is 11.7 Å². The topological polar surface area (TPSA) is 29.5 Å². The largest absolute Gasteiger partial charge is 0.390 e. The van der Waals surface area contributed by atoms with Crippen LogP contribution in [0.5, 0.6) is 0 Å². The Hall–Kier alpha value is -0.640. The van der Waals surface area contributed by atoms with E-state index in [1.165, 1.54) is 12.1 Å². The van der Waals surface area contributed by atoms with Crippen LogP contribution in [0, 0.1) is 5.82 Å². The molecule has 18 heavy (non-hydrogen) atoms. The normalized spacial score (nSPS) is 26.0. The Kier molecular flexibility index (Phi) is 4.25. The van der Waals surface area contributed by atoms with Crippen molar-refractivity contribution in [3.63, 3.8) is 0 Å². The molecule has 1 saturated heterocycles. The van der Waals surface area contributed by atoms with E-state index in [0.29, 0.717) is 18.1 Å². The molecule has 0 amide bonds. The van der Waals surface area contributed by atoms with Crippen molar-refractivity contribution in [2.75, 3.05) is 6.61 Å². The second-order valence-corrected chi connectivity index (χ2v) is 5.48. The molecule has 0 bridgehead atoms. The average molecular weight is 273 g/mol. The first-order valence-electron chi connectivity index (χ1n) is 6.27. The van der Waals surface area contributed by atoms with Crippen molar-refractivity contribution in [1.82, 2.24) is 0 Å². The van der Waals surface area contributed by atoms with Gasteiger partial charge in [-0.3, -0.25) is 0 Å². The molecule has 2 rings (SSSR count). The maximum absolute atomic E-state index is 12.9. The Morgan fingerprint density at radius 1 is 1.50 bits per heavy atom. The highest BCUT2D eigenvalue weighted by atomic mass is 35.5. The van der Waals surface area contributed by atoms with Crippen LogP contribution in [0.15, 0.2) is 18.2 Å². The van der Waals surface area contributed by atoms with Gasteiger partial charge >= 0.3 is 0 Å². The van der Waals surface area contributed by atoms with Gasteiger partial charge in [0.1, 0.15) is 5.82 Å². The fourth-order valence-electron chi connectivity index (χ4n) is 2.33. The van der Waals surface area contributed by atoms with Gasteiger partial charge in [0.2, 0.25) is 0 Å². The second kappa shape index (κ2) is 5.55. The monoisotopic (exact) mass is 272 g/mol. The highest BCUT2D eigenvalue weighted by Crippen LogP contribution is 2.30. The van der Waals surface area contributed by atoms with Crippen molar-refractivity contribution in [3.8, 4) is 0 Å². The van der Waals surface area contributed by atoms with Gasteiger partial charge in [-0.05, 0) is 43.9 Å². The highest BCUT2D eigenvalue weighted by molar-refractivity contribution is 6.31. The molecule has 1 aromatic carbocycles. The van der Waals surface area contributed by atoms with Crippen LogP contribution >= 0.6 is 11.6 Å². The molecular formula is C14H18ClFO2. The van der Waals surface area contributed by atoms with Gasteiger partial charge in [0, 0.05) is 18.1 Å². The first kappa shape index (κ1) is 13.8. The van der Waals surface area contributed by atoms with Crippen LogP contribution in [0.1, 0.15) is 31.7 Å². The van der Waals surface area contributed by atoms with Crippen LogP contribution in [0.3, 0.4) is 0 Å². The van der Waals surface area contributed by atoms with Gasteiger partial charge in [0.25, 0.3) is 0 Å². The smallest absolute Gasteiger partial charge is 0.124 e. The number of aliphatic hydroxyl groups is 1. The summed E-state index contributed by atoms with van der Waals surface area (Å²) < 4.78 is 18.6. The van der Waals surface area contributed by atoms with Gasteiger partial charge in [0.05, 0.1) is 11.7 Å². The third-order valence-corrected chi connectivity index (χ3v) is 3.98. The lowest BCUT2D eigenvalue weighted by Crippen LogP contribution is -2.45. The molecule has 1 N–H and O–H groups in total. The molecule has 1 aliphatic rings. The number of benzene rings is 1. The summed E-state index contributed by atoms with van der Waals surface area (Å²) in [6.07, 6.45) is 2.70. The van der Waals surface area contributed by atoms with Gasteiger partial charge in [0.15, 0.2) is 0 Å². The number of rotatable bonds is 3. The van der Waals surface area contributed by atoms with Gasteiger partial charge in [-0.15, -0.1) is 0 Å². The van der Waals surface area contributed by atoms with Crippen LogP contribution in [0.2, 0.25) is 5.02 Å². The molecule has 0 spiro atoms. The molecular weight excluding hydrogens is 255 g/mol. The molecule has 0 saturated carbocycles. The predicted molar refractivity (Wildman–Crippen MR) is 69.3 cm³/mol. The van der Waals surface area contributed by atoms with E-state index in [1.807, 2.05) is 6.92 Å². The quantitative estimate of drug-likeness (QED) is 0.914. The number of hydrogen-bond donors (Lipinski definition) is 1. The van der Waals surface area contributed by atoms with Crippen LogP contribution in [-0.2, 0) is 11.2 Å². The fraction of sp³-hybridized carbons (Fsp3) is 0.571. The Balaban J connectivity index is 2.08. The van der Waals surface area contributed by atoms with E-state index in [2.05, 4.69) is 0 Å². The third-order valence-electron chi connectivity index (χ3n) is 3.63. The molecule has 0 aromatic heterocycles. The summed E-state index contributed by atoms with van der Waals surface area (Å²) in [5, 5.41) is 10.7.